The molecule has 0 bridgehead atoms. The number of rotatable bonds is 4. The molecule has 0 heterocycles. The summed E-state index contributed by atoms with van der Waals surface area (Å²) in [6.07, 6.45) is 0. The van der Waals surface area contributed by atoms with Gasteiger partial charge >= 0.3 is 0 Å². The van der Waals surface area contributed by atoms with Crippen molar-refractivity contribution in [1.29, 1.82) is 0 Å². The fourth-order valence-electron chi connectivity index (χ4n) is 1.77. The Morgan fingerprint density at radius 1 is 1.17 bits per heavy atom. The molecule has 0 aliphatic rings. The third kappa shape index (κ3) is 3.31. The molecule has 0 fully saturated rings. The molecule has 18 heavy (non-hydrogen) atoms. The van der Waals surface area contributed by atoms with Gasteiger partial charge in [-0.3, -0.25) is 0 Å². The maximum Gasteiger partial charge on any atom is 0.142 e. The lowest BCUT2D eigenvalue weighted by molar-refractivity contribution is 0.565. The number of hydrogen-bond acceptors (Lipinski definition) is 1. The minimum absolute atomic E-state index is 0.0805. The highest BCUT2D eigenvalue weighted by Gasteiger charge is 2.07. The first-order valence-corrected chi connectivity index (χ1v) is 6.27. The van der Waals surface area contributed by atoms with Crippen molar-refractivity contribution in [2.45, 2.75) is 19.5 Å². The monoisotopic (exact) mass is 263 g/mol. The average molecular weight is 264 g/mol. The van der Waals surface area contributed by atoms with E-state index in [2.05, 4.69) is 17.4 Å². The Morgan fingerprint density at radius 2 is 1.89 bits per heavy atom. The van der Waals surface area contributed by atoms with Crippen molar-refractivity contribution in [1.82, 2.24) is 5.32 Å². The Balaban J connectivity index is 1.99. The van der Waals surface area contributed by atoms with E-state index in [1.165, 1.54) is 11.6 Å². The predicted molar refractivity (Wildman–Crippen MR) is 73.1 cm³/mol. The molecule has 0 aliphatic heterocycles. The Kier molecular flexibility index (Phi) is 4.34. The maximum absolute atomic E-state index is 13.3. The fraction of sp³-hybridized carbons (Fsp3) is 0.200. The molecular formula is C15H15ClFN. The third-order valence-electron chi connectivity index (χ3n) is 2.90. The highest BCUT2D eigenvalue weighted by Crippen LogP contribution is 2.20. The molecule has 1 nitrogen and oxygen atoms in total. The van der Waals surface area contributed by atoms with Crippen molar-refractivity contribution in [2.24, 2.45) is 0 Å². The van der Waals surface area contributed by atoms with Crippen molar-refractivity contribution in [3.8, 4) is 0 Å². The van der Waals surface area contributed by atoms with Crippen LogP contribution in [0, 0.1) is 5.82 Å². The third-order valence-corrected chi connectivity index (χ3v) is 3.21. The summed E-state index contributed by atoms with van der Waals surface area (Å²) < 4.78 is 13.3. The lowest BCUT2D eigenvalue weighted by Crippen LogP contribution is -2.18. The minimum atomic E-state index is -0.373. The van der Waals surface area contributed by atoms with E-state index in [9.17, 15) is 4.39 Å². The van der Waals surface area contributed by atoms with E-state index in [1.54, 1.807) is 6.07 Å². The molecule has 0 amide bonds. The summed E-state index contributed by atoms with van der Waals surface area (Å²) in [4.78, 5) is 0. The summed E-state index contributed by atoms with van der Waals surface area (Å²) in [6, 6.07) is 15.1. The van der Waals surface area contributed by atoms with Crippen LogP contribution in [-0.2, 0) is 6.54 Å². The molecule has 0 aliphatic carbocycles. The summed E-state index contributed by atoms with van der Waals surface area (Å²) in [7, 11) is 0. The number of nitrogens with one attached hydrogen (secondary N) is 1. The van der Waals surface area contributed by atoms with Gasteiger partial charge in [0.15, 0.2) is 0 Å². The average Bonchev–Trinajstić information content (AvgIpc) is 2.40. The van der Waals surface area contributed by atoms with Crippen molar-refractivity contribution in [2.75, 3.05) is 0 Å². The fourth-order valence-corrected chi connectivity index (χ4v) is 1.88. The van der Waals surface area contributed by atoms with Crippen molar-refractivity contribution in [3.05, 3.63) is 70.5 Å². The molecule has 94 valence electrons. The topological polar surface area (TPSA) is 12.0 Å². The van der Waals surface area contributed by atoms with E-state index in [1.807, 2.05) is 31.2 Å². The largest absolute Gasteiger partial charge is 0.306 e. The number of hydrogen-bond donors (Lipinski definition) is 1. The second-order valence-electron chi connectivity index (χ2n) is 4.26. The lowest BCUT2D eigenvalue weighted by Gasteiger charge is -2.14. The summed E-state index contributed by atoms with van der Waals surface area (Å²) >= 11 is 5.66. The molecule has 2 aromatic rings. The first-order valence-electron chi connectivity index (χ1n) is 5.89. The van der Waals surface area contributed by atoms with Gasteiger partial charge in [0.25, 0.3) is 0 Å². The molecular weight excluding hydrogens is 249 g/mol. The Bertz CT molecular complexity index is 513. The van der Waals surface area contributed by atoms with Gasteiger partial charge in [-0.1, -0.05) is 48.0 Å². The van der Waals surface area contributed by atoms with E-state index in [-0.39, 0.29) is 16.9 Å². The summed E-state index contributed by atoms with van der Waals surface area (Å²) in [6.45, 7) is 2.76. The first-order chi connectivity index (χ1) is 8.66. The zero-order valence-corrected chi connectivity index (χ0v) is 10.9. The zero-order chi connectivity index (χ0) is 13.0. The first kappa shape index (κ1) is 13.1. The molecule has 2 aromatic carbocycles. The molecule has 0 saturated heterocycles. The summed E-state index contributed by atoms with van der Waals surface area (Å²) in [5.74, 6) is -0.373. The maximum atomic E-state index is 13.3. The van der Waals surface area contributed by atoms with Crippen molar-refractivity contribution >= 4 is 11.6 Å². The highest BCUT2D eigenvalue weighted by molar-refractivity contribution is 6.30. The lowest BCUT2D eigenvalue weighted by atomic mass is 10.1. The van der Waals surface area contributed by atoms with Crippen LogP contribution in [0.25, 0.3) is 0 Å². The molecule has 0 spiro atoms. The standard InChI is InChI=1S/C15H15ClFN/c1-11(13-7-8-14(16)15(17)9-13)18-10-12-5-3-2-4-6-12/h2-9,11,18H,10H2,1H3. The smallest absolute Gasteiger partial charge is 0.142 e. The molecule has 3 heteroatoms. The van der Waals surface area contributed by atoms with Gasteiger partial charge in [0.05, 0.1) is 5.02 Å². The van der Waals surface area contributed by atoms with Crippen LogP contribution in [0.5, 0.6) is 0 Å². The Labute approximate surface area is 112 Å². The van der Waals surface area contributed by atoms with Crippen LogP contribution in [0.3, 0.4) is 0 Å². The van der Waals surface area contributed by atoms with Crippen LogP contribution < -0.4 is 5.32 Å². The summed E-state index contributed by atoms with van der Waals surface area (Å²) in [5, 5.41) is 3.51. The van der Waals surface area contributed by atoms with Crippen LogP contribution in [0.4, 0.5) is 4.39 Å². The van der Waals surface area contributed by atoms with Crippen molar-refractivity contribution in [3.63, 3.8) is 0 Å². The van der Waals surface area contributed by atoms with Gasteiger partial charge in [0.2, 0.25) is 0 Å². The molecule has 1 unspecified atom stereocenters. The molecule has 0 aromatic heterocycles. The van der Waals surface area contributed by atoms with Crippen LogP contribution >= 0.6 is 11.6 Å². The number of halogens is 2. The van der Waals surface area contributed by atoms with E-state index in [0.717, 1.165) is 12.1 Å². The van der Waals surface area contributed by atoms with Crippen LogP contribution in [-0.4, -0.2) is 0 Å². The second-order valence-corrected chi connectivity index (χ2v) is 4.67. The molecule has 1 N–H and O–H groups in total. The normalized spacial score (nSPS) is 12.4. The van der Waals surface area contributed by atoms with Gasteiger partial charge in [-0.05, 0) is 30.2 Å². The molecule has 0 saturated carbocycles. The van der Waals surface area contributed by atoms with Gasteiger partial charge in [-0.2, -0.15) is 0 Å². The SMILES string of the molecule is CC(NCc1ccccc1)c1ccc(Cl)c(F)c1. The minimum Gasteiger partial charge on any atom is -0.306 e. The molecule has 0 radical (unpaired) electrons. The molecule has 2 rings (SSSR count). The van der Waals surface area contributed by atoms with Gasteiger partial charge in [0.1, 0.15) is 5.82 Å². The van der Waals surface area contributed by atoms with Crippen LogP contribution in [0.15, 0.2) is 48.5 Å². The van der Waals surface area contributed by atoms with E-state index < -0.39 is 0 Å². The van der Waals surface area contributed by atoms with Crippen LogP contribution in [0.1, 0.15) is 24.1 Å². The second kappa shape index (κ2) is 5.98. The molecule has 1 atom stereocenters. The summed E-state index contributed by atoms with van der Waals surface area (Å²) in [5.41, 5.74) is 2.10. The van der Waals surface area contributed by atoms with Gasteiger partial charge in [-0.15, -0.1) is 0 Å². The highest BCUT2D eigenvalue weighted by atomic mass is 35.5. The van der Waals surface area contributed by atoms with Gasteiger partial charge in [-0.25, -0.2) is 4.39 Å². The zero-order valence-electron chi connectivity index (χ0n) is 10.2. The van der Waals surface area contributed by atoms with Gasteiger partial charge in [0, 0.05) is 12.6 Å². The van der Waals surface area contributed by atoms with E-state index >= 15 is 0 Å². The Morgan fingerprint density at radius 3 is 2.56 bits per heavy atom. The Hall–Kier alpha value is -1.38. The van der Waals surface area contributed by atoms with Crippen molar-refractivity contribution < 1.29 is 4.39 Å². The number of benzene rings is 2. The quantitative estimate of drug-likeness (QED) is 0.866. The van der Waals surface area contributed by atoms with Crippen LogP contribution in [0.2, 0.25) is 5.02 Å². The van der Waals surface area contributed by atoms with E-state index in [0.29, 0.717) is 0 Å². The predicted octanol–water partition coefficient (Wildman–Crippen LogP) is 4.33. The van der Waals surface area contributed by atoms with E-state index in [4.69, 9.17) is 11.6 Å². The van der Waals surface area contributed by atoms with Gasteiger partial charge < -0.3 is 5.32 Å².